The van der Waals surface area contributed by atoms with Crippen LogP contribution in [0.4, 0.5) is 0 Å². The van der Waals surface area contributed by atoms with E-state index in [1.54, 1.807) is 6.07 Å². The molecule has 23 heavy (non-hydrogen) atoms. The number of carbonyl (C=O) groups excluding carboxylic acids is 2. The third-order valence-corrected chi connectivity index (χ3v) is 4.56. The highest BCUT2D eigenvalue weighted by Gasteiger charge is 2.24. The number of rotatable bonds is 6. The zero-order valence-electron chi connectivity index (χ0n) is 13.6. The molecule has 0 saturated carbocycles. The minimum atomic E-state index is -0.548. The summed E-state index contributed by atoms with van der Waals surface area (Å²) in [5, 5.41) is 7.60. The van der Waals surface area contributed by atoms with Gasteiger partial charge < -0.3 is 10.6 Å². The molecule has 4 nitrogen and oxygen atoms in total. The first kappa shape index (κ1) is 17.2. The Morgan fingerprint density at radius 2 is 1.87 bits per heavy atom. The van der Waals surface area contributed by atoms with Gasteiger partial charge >= 0.3 is 0 Å². The quantitative estimate of drug-likeness (QED) is 0.855. The third-order valence-electron chi connectivity index (χ3n) is 3.70. The SMILES string of the molecule is Cc1ccccc1CNC(=O)[C@H](NC(=O)c1cccs1)C(C)C. The molecule has 0 fully saturated rings. The van der Waals surface area contributed by atoms with Crippen LogP contribution in [0.15, 0.2) is 41.8 Å². The highest BCUT2D eigenvalue weighted by molar-refractivity contribution is 7.12. The number of nitrogens with one attached hydrogen (secondary N) is 2. The lowest BCUT2D eigenvalue weighted by Crippen LogP contribution is -2.49. The van der Waals surface area contributed by atoms with E-state index < -0.39 is 6.04 Å². The third kappa shape index (κ3) is 4.66. The molecule has 0 aliphatic carbocycles. The van der Waals surface area contributed by atoms with Crippen molar-refractivity contribution in [2.75, 3.05) is 0 Å². The first-order valence-corrected chi connectivity index (χ1v) is 8.53. The molecule has 1 aromatic carbocycles. The van der Waals surface area contributed by atoms with Gasteiger partial charge in [0.25, 0.3) is 5.91 Å². The lowest BCUT2D eigenvalue weighted by atomic mass is 10.0. The fraction of sp³-hybridized carbons (Fsp3) is 0.333. The lowest BCUT2D eigenvalue weighted by molar-refractivity contribution is -0.124. The van der Waals surface area contributed by atoms with Crippen LogP contribution in [0.25, 0.3) is 0 Å². The number of aryl methyl sites for hydroxylation is 1. The van der Waals surface area contributed by atoms with Crippen LogP contribution in [0, 0.1) is 12.8 Å². The Balaban J connectivity index is 1.98. The van der Waals surface area contributed by atoms with Gasteiger partial charge in [-0.3, -0.25) is 9.59 Å². The van der Waals surface area contributed by atoms with Crippen molar-refractivity contribution < 1.29 is 9.59 Å². The Morgan fingerprint density at radius 1 is 1.13 bits per heavy atom. The Labute approximate surface area is 140 Å². The van der Waals surface area contributed by atoms with Crippen LogP contribution in [0.3, 0.4) is 0 Å². The van der Waals surface area contributed by atoms with Crippen LogP contribution in [-0.4, -0.2) is 17.9 Å². The minimum absolute atomic E-state index is 0.00998. The number of carbonyl (C=O) groups is 2. The normalized spacial score (nSPS) is 12.0. The molecule has 0 saturated heterocycles. The van der Waals surface area contributed by atoms with Crippen molar-refractivity contribution in [2.24, 2.45) is 5.92 Å². The van der Waals surface area contributed by atoms with E-state index >= 15 is 0 Å². The van der Waals surface area contributed by atoms with Crippen LogP contribution >= 0.6 is 11.3 Å². The molecule has 0 radical (unpaired) electrons. The van der Waals surface area contributed by atoms with E-state index in [0.29, 0.717) is 11.4 Å². The molecule has 5 heteroatoms. The molecule has 0 aliphatic rings. The monoisotopic (exact) mass is 330 g/mol. The van der Waals surface area contributed by atoms with Gasteiger partial charge in [0.15, 0.2) is 0 Å². The molecular formula is C18H22N2O2S. The van der Waals surface area contributed by atoms with E-state index in [4.69, 9.17) is 0 Å². The second-order valence-corrected chi connectivity index (χ2v) is 6.76. The van der Waals surface area contributed by atoms with Gasteiger partial charge in [-0.05, 0) is 35.4 Å². The molecular weight excluding hydrogens is 308 g/mol. The summed E-state index contributed by atoms with van der Waals surface area (Å²) in [5.41, 5.74) is 2.21. The van der Waals surface area contributed by atoms with Gasteiger partial charge in [-0.1, -0.05) is 44.2 Å². The number of hydrogen-bond acceptors (Lipinski definition) is 3. The zero-order chi connectivity index (χ0) is 16.8. The van der Waals surface area contributed by atoms with E-state index in [-0.39, 0.29) is 17.7 Å². The first-order valence-electron chi connectivity index (χ1n) is 7.65. The second-order valence-electron chi connectivity index (χ2n) is 5.82. The molecule has 1 aromatic heterocycles. The summed E-state index contributed by atoms with van der Waals surface area (Å²) in [6.07, 6.45) is 0. The van der Waals surface area contributed by atoms with Crippen LogP contribution in [0.2, 0.25) is 0 Å². The molecule has 2 N–H and O–H groups in total. The van der Waals surface area contributed by atoms with E-state index in [1.165, 1.54) is 11.3 Å². The average molecular weight is 330 g/mol. The van der Waals surface area contributed by atoms with Crippen molar-refractivity contribution in [3.63, 3.8) is 0 Å². The lowest BCUT2D eigenvalue weighted by Gasteiger charge is -2.21. The summed E-state index contributed by atoms with van der Waals surface area (Å²) >= 11 is 1.36. The highest BCUT2D eigenvalue weighted by atomic mass is 32.1. The summed E-state index contributed by atoms with van der Waals surface area (Å²) in [6, 6.07) is 11.0. The topological polar surface area (TPSA) is 58.2 Å². The second kappa shape index (κ2) is 7.92. The average Bonchev–Trinajstić information content (AvgIpc) is 3.05. The molecule has 0 aliphatic heterocycles. The van der Waals surface area contributed by atoms with E-state index in [9.17, 15) is 9.59 Å². The minimum Gasteiger partial charge on any atom is -0.350 e. The molecule has 1 heterocycles. The standard InChI is InChI=1S/C18H22N2O2S/c1-12(2)16(20-17(21)15-9-6-10-23-15)18(22)19-11-14-8-5-4-7-13(14)3/h4-10,12,16H,11H2,1-3H3,(H,19,22)(H,20,21)/t16-/m1/s1. The van der Waals surface area contributed by atoms with Crippen molar-refractivity contribution in [1.29, 1.82) is 0 Å². The van der Waals surface area contributed by atoms with Crippen LogP contribution < -0.4 is 10.6 Å². The maximum atomic E-state index is 12.5. The zero-order valence-corrected chi connectivity index (χ0v) is 14.4. The van der Waals surface area contributed by atoms with Crippen molar-refractivity contribution in [1.82, 2.24) is 10.6 Å². The van der Waals surface area contributed by atoms with Crippen molar-refractivity contribution >= 4 is 23.2 Å². The maximum absolute atomic E-state index is 12.5. The van der Waals surface area contributed by atoms with Crippen LogP contribution in [0.5, 0.6) is 0 Å². The first-order chi connectivity index (χ1) is 11.0. The summed E-state index contributed by atoms with van der Waals surface area (Å²) in [6.45, 7) is 6.32. The summed E-state index contributed by atoms with van der Waals surface area (Å²) in [4.78, 5) is 25.2. The van der Waals surface area contributed by atoms with Crippen molar-refractivity contribution in [3.05, 3.63) is 57.8 Å². The number of benzene rings is 1. The number of amides is 2. The Kier molecular flexibility index (Phi) is 5.93. The van der Waals surface area contributed by atoms with Gasteiger partial charge in [-0.15, -0.1) is 11.3 Å². The Hall–Kier alpha value is -2.14. The Morgan fingerprint density at radius 3 is 2.48 bits per heavy atom. The maximum Gasteiger partial charge on any atom is 0.262 e. The molecule has 2 rings (SSSR count). The molecule has 2 amide bonds. The highest BCUT2D eigenvalue weighted by Crippen LogP contribution is 2.11. The smallest absolute Gasteiger partial charge is 0.262 e. The number of thiophene rings is 1. The summed E-state index contributed by atoms with van der Waals surface area (Å²) in [7, 11) is 0. The van der Waals surface area contributed by atoms with E-state index in [0.717, 1.165) is 11.1 Å². The van der Waals surface area contributed by atoms with E-state index in [1.807, 2.05) is 56.5 Å². The van der Waals surface area contributed by atoms with Crippen molar-refractivity contribution in [3.8, 4) is 0 Å². The van der Waals surface area contributed by atoms with Crippen molar-refractivity contribution in [2.45, 2.75) is 33.4 Å². The molecule has 2 aromatic rings. The van der Waals surface area contributed by atoms with Gasteiger partial charge in [-0.2, -0.15) is 0 Å². The summed E-state index contributed by atoms with van der Waals surface area (Å²) in [5.74, 6) is -0.353. The van der Waals surface area contributed by atoms with Gasteiger partial charge in [0.1, 0.15) is 6.04 Å². The van der Waals surface area contributed by atoms with Crippen LogP contribution in [0.1, 0.15) is 34.6 Å². The predicted octanol–water partition coefficient (Wildman–Crippen LogP) is 3.13. The van der Waals surface area contributed by atoms with Gasteiger partial charge in [0.05, 0.1) is 4.88 Å². The molecule has 0 unspecified atom stereocenters. The largest absolute Gasteiger partial charge is 0.350 e. The van der Waals surface area contributed by atoms with Crippen LogP contribution in [-0.2, 0) is 11.3 Å². The molecule has 1 atom stereocenters. The molecule has 0 bridgehead atoms. The predicted molar refractivity (Wildman–Crippen MR) is 93.4 cm³/mol. The fourth-order valence-corrected chi connectivity index (χ4v) is 2.88. The van der Waals surface area contributed by atoms with Gasteiger partial charge in [0.2, 0.25) is 5.91 Å². The Bertz CT molecular complexity index is 665. The fourth-order valence-electron chi connectivity index (χ4n) is 2.26. The number of hydrogen-bond donors (Lipinski definition) is 2. The van der Waals surface area contributed by atoms with E-state index in [2.05, 4.69) is 10.6 Å². The van der Waals surface area contributed by atoms with Gasteiger partial charge in [-0.25, -0.2) is 0 Å². The molecule has 122 valence electrons. The summed E-state index contributed by atoms with van der Waals surface area (Å²) < 4.78 is 0. The molecule has 0 spiro atoms. The van der Waals surface area contributed by atoms with Gasteiger partial charge in [0, 0.05) is 6.54 Å².